The fourth-order valence-electron chi connectivity index (χ4n) is 1.67. The lowest BCUT2D eigenvalue weighted by Gasteiger charge is -2.23. The quantitative estimate of drug-likeness (QED) is 0.790. The van der Waals surface area contributed by atoms with Gasteiger partial charge in [-0.25, -0.2) is 0 Å². The average Bonchev–Trinajstić information content (AvgIpc) is 2.31. The maximum absolute atomic E-state index is 11.8. The number of rotatable bonds is 3. The standard InChI is InChI=1S/C10H20BrNO2S/c1-10(2)3-4-12(5-6-15(10)14)8-9(13)7-11/h9,13H,3-8H2,1-2H3. The summed E-state index contributed by atoms with van der Waals surface area (Å²) in [6.07, 6.45) is 0.619. The molecule has 2 atom stereocenters. The van der Waals surface area contributed by atoms with Gasteiger partial charge in [0.1, 0.15) is 0 Å². The summed E-state index contributed by atoms with van der Waals surface area (Å²) in [4.78, 5) is 2.21. The molecule has 5 heteroatoms. The Morgan fingerprint density at radius 1 is 1.53 bits per heavy atom. The minimum absolute atomic E-state index is 0.0753. The predicted molar refractivity (Wildman–Crippen MR) is 67.9 cm³/mol. The van der Waals surface area contributed by atoms with Crippen LogP contribution in [0.25, 0.3) is 0 Å². The van der Waals surface area contributed by atoms with E-state index >= 15 is 0 Å². The molecule has 0 spiro atoms. The molecular weight excluding hydrogens is 278 g/mol. The first-order valence-corrected chi connectivity index (χ1v) is 7.74. The summed E-state index contributed by atoms with van der Waals surface area (Å²) < 4.78 is 11.8. The Bertz CT molecular complexity index is 235. The van der Waals surface area contributed by atoms with Gasteiger partial charge in [0.15, 0.2) is 0 Å². The molecule has 3 nitrogen and oxygen atoms in total. The lowest BCUT2D eigenvalue weighted by Crippen LogP contribution is -2.35. The highest BCUT2D eigenvalue weighted by molar-refractivity contribution is 9.09. The van der Waals surface area contributed by atoms with Crippen LogP contribution >= 0.6 is 15.9 Å². The highest BCUT2D eigenvalue weighted by Gasteiger charge is 2.30. The number of halogens is 1. The van der Waals surface area contributed by atoms with Crippen molar-refractivity contribution in [1.82, 2.24) is 4.90 Å². The number of β-amino-alcohol motifs (C(OH)–C–C–N with tert-alkyl or cyclic N) is 1. The van der Waals surface area contributed by atoms with Gasteiger partial charge < -0.3 is 5.11 Å². The third-order valence-corrected chi connectivity index (χ3v) is 5.62. The molecule has 1 heterocycles. The van der Waals surface area contributed by atoms with Crippen LogP contribution in [-0.2, 0) is 10.8 Å². The minimum atomic E-state index is -0.740. The Labute approximate surface area is 103 Å². The Kier molecular flexibility index (Phi) is 5.22. The normalized spacial score (nSPS) is 29.7. The van der Waals surface area contributed by atoms with E-state index in [1.807, 2.05) is 0 Å². The molecule has 0 aromatic rings. The summed E-state index contributed by atoms with van der Waals surface area (Å²) in [6, 6.07) is 0. The second-order valence-electron chi connectivity index (χ2n) is 4.67. The Hall–Kier alpha value is 0.550. The van der Waals surface area contributed by atoms with Crippen LogP contribution in [0.4, 0.5) is 0 Å². The zero-order valence-corrected chi connectivity index (χ0v) is 11.8. The first-order valence-electron chi connectivity index (χ1n) is 5.30. The third-order valence-electron chi connectivity index (χ3n) is 2.89. The number of hydrogen-bond acceptors (Lipinski definition) is 3. The molecule has 15 heavy (non-hydrogen) atoms. The molecular formula is C10H20BrNO2S. The maximum Gasteiger partial charge on any atom is 0.0763 e. The molecule has 1 aliphatic rings. The van der Waals surface area contributed by atoms with Gasteiger partial charge in [0, 0.05) is 39.7 Å². The van der Waals surface area contributed by atoms with Crippen LogP contribution in [0.3, 0.4) is 0 Å². The molecule has 1 aliphatic heterocycles. The van der Waals surface area contributed by atoms with E-state index in [-0.39, 0.29) is 10.9 Å². The van der Waals surface area contributed by atoms with Crippen molar-refractivity contribution in [2.75, 3.05) is 30.7 Å². The number of alkyl halides is 1. The van der Waals surface area contributed by atoms with Crippen molar-refractivity contribution in [3.63, 3.8) is 0 Å². The largest absolute Gasteiger partial charge is 0.391 e. The van der Waals surface area contributed by atoms with Gasteiger partial charge in [-0.15, -0.1) is 0 Å². The molecule has 0 aromatic carbocycles. The van der Waals surface area contributed by atoms with Gasteiger partial charge in [-0.2, -0.15) is 0 Å². The second-order valence-corrected chi connectivity index (χ2v) is 7.52. The molecule has 2 unspecified atom stereocenters. The maximum atomic E-state index is 11.8. The van der Waals surface area contributed by atoms with Crippen molar-refractivity contribution in [3.05, 3.63) is 0 Å². The molecule has 0 amide bonds. The van der Waals surface area contributed by atoms with Crippen molar-refractivity contribution >= 4 is 26.7 Å². The van der Waals surface area contributed by atoms with Crippen LogP contribution in [0.2, 0.25) is 0 Å². The summed E-state index contributed by atoms with van der Waals surface area (Å²) >= 11 is 3.26. The zero-order valence-electron chi connectivity index (χ0n) is 9.41. The van der Waals surface area contributed by atoms with E-state index in [0.717, 1.165) is 25.3 Å². The summed E-state index contributed by atoms with van der Waals surface area (Å²) in [6.45, 7) is 6.57. The van der Waals surface area contributed by atoms with Gasteiger partial charge >= 0.3 is 0 Å². The number of hydrogen-bond donors (Lipinski definition) is 1. The van der Waals surface area contributed by atoms with Crippen LogP contribution in [0.5, 0.6) is 0 Å². The Morgan fingerprint density at radius 2 is 2.20 bits per heavy atom. The molecule has 0 bridgehead atoms. The van der Waals surface area contributed by atoms with E-state index in [4.69, 9.17) is 0 Å². The van der Waals surface area contributed by atoms with Crippen LogP contribution in [0.15, 0.2) is 0 Å². The zero-order chi connectivity index (χ0) is 11.5. The van der Waals surface area contributed by atoms with Gasteiger partial charge in [-0.1, -0.05) is 15.9 Å². The van der Waals surface area contributed by atoms with Gasteiger partial charge in [-0.05, 0) is 26.8 Å². The summed E-state index contributed by atoms with van der Waals surface area (Å²) in [7, 11) is -0.740. The first kappa shape index (κ1) is 13.6. The van der Waals surface area contributed by atoms with Crippen LogP contribution in [0, 0.1) is 0 Å². The average molecular weight is 298 g/mol. The lowest BCUT2D eigenvalue weighted by molar-refractivity contribution is 0.134. The van der Waals surface area contributed by atoms with Crippen LogP contribution in [-0.4, -0.2) is 55.8 Å². The van der Waals surface area contributed by atoms with E-state index in [9.17, 15) is 9.32 Å². The monoisotopic (exact) mass is 297 g/mol. The van der Waals surface area contributed by atoms with Crippen LogP contribution in [0.1, 0.15) is 20.3 Å². The van der Waals surface area contributed by atoms with Crippen molar-refractivity contribution < 1.29 is 9.32 Å². The topological polar surface area (TPSA) is 40.5 Å². The second kappa shape index (κ2) is 5.75. The molecule has 0 aliphatic carbocycles. The van der Waals surface area contributed by atoms with Crippen molar-refractivity contribution in [3.8, 4) is 0 Å². The minimum Gasteiger partial charge on any atom is -0.391 e. The van der Waals surface area contributed by atoms with Crippen molar-refractivity contribution in [2.24, 2.45) is 0 Å². The van der Waals surface area contributed by atoms with Crippen molar-refractivity contribution in [2.45, 2.75) is 31.1 Å². The third kappa shape index (κ3) is 4.13. The molecule has 1 fully saturated rings. The van der Waals surface area contributed by atoms with Gasteiger partial charge in [0.25, 0.3) is 0 Å². The molecule has 1 N–H and O–H groups in total. The molecule has 0 aromatic heterocycles. The van der Waals surface area contributed by atoms with E-state index < -0.39 is 10.8 Å². The number of nitrogens with zero attached hydrogens (tertiary/aromatic N) is 1. The highest BCUT2D eigenvalue weighted by atomic mass is 79.9. The molecule has 1 saturated heterocycles. The Morgan fingerprint density at radius 3 is 2.80 bits per heavy atom. The van der Waals surface area contributed by atoms with E-state index in [0.29, 0.717) is 11.9 Å². The summed E-state index contributed by atoms with van der Waals surface area (Å²) in [5.41, 5.74) is 0. The fraction of sp³-hybridized carbons (Fsp3) is 1.00. The first-order chi connectivity index (χ1) is 6.95. The van der Waals surface area contributed by atoms with Gasteiger partial charge in [0.05, 0.1) is 6.10 Å². The molecule has 90 valence electrons. The molecule has 0 radical (unpaired) electrons. The fourth-order valence-corrected chi connectivity index (χ4v) is 3.17. The van der Waals surface area contributed by atoms with E-state index in [1.165, 1.54) is 0 Å². The summed E-state index contributed by atoms with van der Waals surface area (Å²) in [5, 5.41) is 10.1. The van der Waals surface area contributed by atoms with E-state index in [2.05, 4.69) is 34.7 Å². The van der Waals surface area contributed by atoms with Crippen molar-refractivity contribution in [1.29, 1.82) is 0 Å². The van der Waals surface area contributed by atoms with Crippen LogP contribution < -0.4 is 0 Å². The van der Waals surface area contributed by atoms with E-state index in [1.54, 1.807) is 0 Å². The smallest absolute Gasteiger partial charge is 0.0763 e. The predicted octanol–water partition coefficient (Wildman–Crippen LogP) is 0.975. The highest BCUT2D eigenvalue weighted by Crippen LogP contribution is 2.21. The van der Waals surface area contributed by atoms with Gasteiger partial charge in [0.2, 0.25) is 0 Å². The molecule has 1 rings (SSSR count). The number of aliphatic hydroxyl groups excluding tert-OH is 1. The number of aliphatic hydroxyl groups is 1. The van der Waals surface area contributed by atoms with Gasteiger partial charge in [-0.3, -0.25) is 9.11 Å². The lowest BCUT2D eigenvalue weighted by atomic mass is 10.1. The summed E-state index contributed by atoms with van der Waals surface area (Å²) in [5.74, 6) is 0.724. The SMILES string of the molecule is CC1(C)CCN(CC(O)CBr)CCS1=O. The molecule has 0 saturated carbocycles. The Balaban J connectivity index is 2.49.